The van der Waals surface area contributed by atoms with Crippen LogP contribution in [0.4, 0.5) is 0 Å². The monoisotopic (exact) mass is 337 g/mol. The molecule has 2 aliphatic rings. The molecular formula is C13H23NO9. The zero-order valence-corrected chi connectivity index (χ0v) is 12.2. The zero-order valence-electron chi connectivity index (χ0n) is 12.2. The van der Waals surface area contributed by atoms with Crippen molar-refractivity contribution in [2.75, 3.05) is 13.2 Å². The number of nitrogens with two attached hydrogens (primary N) is 1. The first-order valence-electron chi connectivity index (χ1n) is 7.21. The highest BCUT2D eigenvalue weighted by atomic mass is 16.7. The number of hydrogen-bond donors (Lipinski definition) is 8. The molecule has 1 aliphatic heterocycles. The molecule has 9 N–H and O–H groups in total. The fourth-order valence-electron chi connectivity index (χ4n) is 2.70. The maximum absolute atomic E-state index is 10.1. The summed E-state index contributed by atoms with van der Waals surface area (Å²) in [5.41, 5.74) is 5.77. The summed E-state index contributed by atoms with van der Waals surface area (Å²) in [4.78, 5) is 0. The molecule has 0 aromatic heterocycles. The molecular weight excluding hydrogens is 314 g/mol. The van der Waals surface area contributed by atoms with Gasteiger partial charge in [-0.3, -0.25) is 0 Å². The lowest BCUT2D eigenvalue weighted by molar-refractivity contribution is -0.316. The van der Waals surface area contributed by atoms with Gasteiger partial charge in [0.15, 0.2) is 6.29 Å². The molecule has 0 amide bonds. The van der Waals surface area contributed by atoms with Gasteiger partial charge in [0.05, 0.1) is 19.3 Å². The van der Waals surface area contributed by atoms with Gasteiger partial charge >= 0.3 is 0 Å². The SMILES string of the molecule is N[C@H]1C=C(CO)[C@@H](O[C@H]2O[C@H](CO)[C@@H](O)[C@H](O)[C@H]2O)[C@H](O)[C@H]1O. The summed E-state index contributed by atoms with van der Waals surface area (Å²) in [6, 6.07) is -0.901. The van der Waals surface area contributed by atoms with Gasteiger partial charge in [0.25, 0.3) is 0 Å². The average molecular weight is 337 g/mol. The molecule has 23 heavy (non-hydrogen) atoms. The molecule has 0 spiro atoms. The largest absolute Gasteiger partial charge is 0.394 e. The Labute approximate surface area is 132 Å². The van der Waals surface area contributed by atoms with E-state index in [2.05, 4.69) is 0 Å². The Kier molecular flexibility index (Phi) is 6.08. The number of aliphatic hydroxyl groups excluding tert-OH is 7. The minimum Gasteiger partial charge on any atom is -0.394 e. The van der Waals surface area contributed by atoms with Crippen LogP contribution in [0.15, 0.2) is 11.6 Å². The predicted molar refractivity (Wildman–Crippen MR) is 73.8 cm³/mol. The van der Waals surface area contributed by atoms with Crippen LogP contribution >= 0.6 is 0 Å². The molecule has 0 bridgehead atoms. The zero-order chi connectivity index (χ0) is 17.3. The molecule has 1 aliphatic carbocycles. The molecule has 1 saturated heterocycles. The van der Waals surface area contributed by atoms with Crippen molar-refractivity contribution < 1.29 is 45.2 Å². The highest BCUT2D eigenvalue weighted by molar-refractivity contribution is 5.21. The van der Waals surface area contributed by atoms with Gasteiger partial charge in [-0.15, -0.1) is 0 Å². The molecule has 9 atom stereocenters. The Hall–Kier alpha value is -0.660. The Balaban J connectivity index is 2.17. The fraction of sp³-hybridized carbons (Fsp3) is 0.846. The van der Waals surface area contributed by atoms with Crippen LogP contribution in [0, 0.1) is 0 Å². The van der Waals surface area contributed by atoms with E-state index >= 15 is 0 Å². The van der Waals surface area contributed by atoms with E-state index in [0.29, 0.717) is 0 Å². The van der Waals surface area contributed by atoms with Crippen LogP contribution in [0.5, 0.6) is 0 Å². The molecule has 2 rings (SSSR count). The van der Waals surface area contributed by atoms with Gasteiger partial charge in [0.2, 0.25) is 0 Å². The third kappa shape index (κ3) is 3.56. The molecule has 10 heteroatoms. The number of aliphatic hydroxyl groups is 7. The topological polar surface area (TPSA) is 186 Å². The molecule has 134 valence electrons. The quantitative estimate of drug-likeness (QED) is 0.231. The summed E-state index contributed by atoms with van der Waals surface area (Å²) in [6.07, 6.45) is -10.3. The minimum atomic E-state index is -1.66. The van der Waals surface area contributed by atoms with Gasteiger partial charge in [0, 0.05) is 0 Å². The maximum Gasteiger partial charge on any atom is 0.187 e. The van der Waals surface area contributed by atoms with Gasteiger partial charge in [-0.2, -0.15) is 0 Å². The van der Waals surface area contributed by atoms with E-state index in [9.17, 15) is 30.6 Å². The summed E-state index contributed by atoms with van der Waals surface area (Å²) in [7, 11) is 0. The minimum absolute atomic E-state index is 0.173. The van der Waals surface area contributed by atoms with E-state index in [1.165, 1.54) is 6.08 Å². The van der Waals surface area contributed by atoms with Crippen molar-refractivity contribution in [2.45, 2.75) is 55.1 Å². The van der Waals surface area contributed by atoms with Crippen LogP contribution < -0.4 is 5.73 Å². The first-order valence-corrected chi connectivity index (χ1v) is 7.21. The standard InChI is InChI=1S/C13H23NO9/c14-5-1-4(2-15)12(10(20)7(5)17)23-13-11(21)9(19)8(18)6(3-16)22-13/h1,5-13,15-21H,2-3,14H2/t5-,6+,7-,8+,9-,10+,11+,12+,13+/m0/s1. The van der Waals surface area contributed by atoms with E-state index in [4.69, 9.17) is 20.3 Å². The molecule has 0 radical (unpaired) electrons. The van der Waals surface area contributed by atoms with Crippen molar-refractivity contribution in [1.82, 2.24) is 0 Å². The van der Waals surface area contributed by atoms with E-state index in [-0.39, 0.29) is 5.57 Å². The Bertz CT molecular complexity index is 432. The van der Waals surface area contributed by atoms with E-state index in [0.717, 1.165) is 0 Å². The van der Waals surface area contributed by atoms with E-state index in [1.54, 1.807) is 0 Å². The average Bonchev–Trinajstić information content (AvgIpc) is 2.55. The third-order valence-electron chi connectivity index (χ3n) is 4.14. The Morgan fingerprint density at radius 3 is 2.17 bits per heavy atom. The summed E-state index contributed by atoms with van der Waals surface area (Å²) in [5, 5.41) is 67.7. The summed E-state index contributed by atoms with van der Waals surface area (Å²) in [5.74, 6) is 0. The van der Waals surface area contributed by atoms with Crippen LogP contribution in [0.25, 0.3) is 0 Å². The van der Waals surface area contributed by atoms with Gasteiger partial charge < -0.3 is 51.0 Å². The summed E-state index contributed by atoms with van der Waals surface area (Å²) < 4.78 is 10.6. The first-order chi connectivity index (χ1) is 10.8. The second kappa shape index (κ2) is 7.49. The molecule has 0 aromatic rings. The number of hydrogen-bond acceptors (Lipinski definition) is 10. The lowest BCUT2D eigenvalue weighted by atomic mass is 9.88. The highest BCUT2D eigenvalue weighted by Crippen LogP contribution is 2.28. The summed E-state index contributed by atoms with van der Waals surface area (Å²) in [6.45, 7) is -1.15. The van der Waals surface area contributed by atoms with Crippen molar-refractivity contribution in [1.29, 1.82) is 0 Å². The normalized spacial score (nSPS) is 48.2. The molecule has 1 heterocycles. The molecule has 1 fully saturated rings. The van der Waals surface area contributed by atoms with Crippen LogP contribution in [-0.2, 0) is 9.47 Å². The second-order valence-corrected chi connectivity index (χ2v) is 5.71. The third-order valence-corrected chi connectivity index (χ3v) is 4.14. The summed E-state index contributed by atoms with van der Waals surface area (Å²) >= 11 is 0. The highest BCUT2D eigenvalue weighted by Gasteiger charge is 2.47. The lowest BCUT2D eigenvalue weighted by Crippen LogP contribution is -2.61. The fourth-order valence-corrected chi connectivity index (χ4v) is 2.70. The molecule has 0 aromatic carbocycles. The molecule has 10 nitrogen and oxygen atoms in total. The van der Waals surface area contributed by atoms with E-state index in [1.807, 2.05) is 0 Å². The van der Waals surface area contributed by atoms with Crippen LogP contribution in [0.2, 0.25) is 0 Å². The van der Waals surface area contributed by atoms with Crippen molar-refractivity contribution in [3.8, 4) is 0 Å². The maximum atomic E-state index is 10.1. The van der Waals surface area contributed by atoms with Crippen LogP contribution in [0.1, 0.15) is 0 Å². The van der Waals surface area contributed by atoms with Gasteiger partial charge in [0.1, 0.15) is 42.7 Å². The van der Waals surface area contributed by atoms with Crippen molar-refractivity contribution in [3.05, 3.63) is 11.6 Å². The lowest BCUT2D eigenvalue weighted by Gasteiger charge is -2.43. The van der Waals surface area contributed by atoms with Crippen molar-refractivity contribution in [3.63, 3.8) is 0 Å². The number of rotatable bonds is 4. The molecule has 0 saturated carbocycles. The van der Waals surface area contributed by atoms with Gasteiger partial charge in [-0.25, -0.2) is 0 Å². The second-order valence-electron chi connectivity index (χ2n) is 5.71. The number of ether oxygens (including phenoxy) is 2. The smallest absolute Gasteiger partial charge is 0.187 e. The van der Waals surface area contributed by atoms with Crippen LogP contribution in [-0.4, -0.2) is 104 Å². The van der Waals surface area contributed by atoms with Gasteiger partial charge in [-0.1, -0.05) is 6.08 Å². The predicted octanol–water partition coefficient (Wildman–Crippen LogP) is -4.85. The van der Waals surface area contributed by atoms with Crippen LogP contribution in [0.3, 0.4) is 0 Å². The van der Waals surface area contributed by atoms with Crippen molar-refractivity contribution >= 4 is 0 Å². The molecule has 0 unspecified atom stereocenters. The van der Waals surface area contributed by atoms with Gasteiger partial charge in [-0.05, 0) is 5.57 Å². The van der Waals surface area contributed by atoms with Crippen molar-refractivity contribution in [2.24, 2.45) is 5.73 Å². The first kappa shape index (κ1) is 18.7. The van der Waals surface area contributed by atoms with E-state index < -0.39 is 68.3 Å². The Morgan fingerprint density at radius 1 is 0.957 bits per heavy atom. The Morgan fingerprint density at radius 2 is 1.61 bits per heavy atom.